The Morgan fingerprint density at radius 3 is 2.00 bits per heavy atom. The molecule has 0 fully saturated rings. The Kier molecular flexibility index (Phi) is 5.54. The average molecular weight is 332 g/mol. The van der Waals surface area contributed by atoms with Crippen LogP contribution in [0.25, 0.3) is 0 Å². The number of benzene rings is 3. The lowest BCUT2D eigenvalue weighted by Crippen LogP contribution is -2.23. The summed E-state index contributed by atoms with van der Waals surface area (Å²) in [5.74, 6) is 0. The Morgan fingerprint density at radius 2 is 1.40 bits per heavy atom. The van der Waals surface area contributed by atoms with Gasteiger partial charge in [0, 0.05) is 24.7 Å². The fourth-order valence-corrected chi connectivity index (χ4v) is 2.82. The molecular formula is C21H20N2O2. The van der Waals surface area contributed by atoms with Gasteiger partial charge in [0.1, 0.15) is 0 Å². The van der Waals surface area contributed by atoms with Crippen molar-refractivity contribution in [2.45, 2.75) is 19.0 Å². The first-order valence-electron chi connectivity index (χ1n) is 8.28. The maximum Gasteiger partial charge on any atom is 0.269 e. The zero-order valence-corrected chi connectivity index (χ0v) is 13.8. The van der Waals surface area contributed by atoms with Gasteiger partial charge in [-0.05, 0) is 23.1 Å². The number of hydrogen-bond acceptors (Lipinski definition) is 3. The van der Waals surface area contributed by atoms with Crippen molar-refractivity contribution < 1.29 is 4.92 Å². The van der Waals surface area contributed by atoms with Crippen LogP contribution >= 0.6 is 0 Å². The second-order valence-corrected chi connectivity index (χ2v) is 5.96. The third kappa shape index (κ3) is 4.75. The largest absolute Gasteiger partial charge is 0.306 e. The first-order valence-corrected chi connectivity index (χ1v) is 8.28. The molecule has 0 aliphatic heterocycles. The van der Waals surface area contributed by atoms with E-state index in [9.17, 15) is 10.1 Å². The summed E-state index contributed by atoms with van der Waals surface area (Å²) in [5.41, 5.74) is 3.65. The molecule has 0 spiro atoms. The minimum atomic E-state index is -0.376. The molecule has 126 valence electrons. The van der Waals surface area contributed by atoms with Gasteiger partial charge >= 0.3 is 0 Å². The normalized spacial score (nSPS) is 11.8. The van der Waals surface area contributed by atoms with Crippen LogP contribution < -0.4 is 5.32 Å². The minimum absolute atomic E-state index is 0.118. The number of hydrogen-bond donors (Lipinski definition) is 1. The monoisotopic (exact) mass is 332 g/mol. The Labute approximate surface area is 147 Å². The van der Waals surface area contributed by atoms with Gasteiger partial charge in [-0.3, -0.25) is 10.1 Å². The molecule has 0 radical (unpaired) electrons. The Bertz CT molecular complexity index is 802. The van der Waals surface area contributed by atoms with Crippen LogP contribution in [0.5, 0.6) is 0 Å². The molecule has 0 aliphatic rings. The summed E-state index contributed by atoms with van der Waals surface area (Å²) in [5, 5.41) is 14.3. The van der Waals surface area contributed by atoms with Gasteiger partial charge in [0.2, 0.25) is 0 Å². The fourth-order valence-electron chi connectivity index (χ4n) is 2.82. The summed E-state index contributed by atoms with van der Waals surface area (Å²) in [6, 6.07) is 27.6. The van der Waals surface area contributed by atoms with Gasteiger partial charge in [-0.1, -0.05) is 72.8 Å². The van der Waals surface area contributed by atoms with Gasteiger partial charge in [-0.15, -0.1) is 0 Å². The Hall–Kier alpha value is -2.98. The van der Waals surface area contributed by atoms with Gasteiger partial charge in [-0.25, -0.2) is 0 Å². The van der Waals surface area contributed by atoms with E-state index in [0.717, 1.165) is 12.0 Å². The molecule has 3 aromatic rings. The summed E-state index contributed by atoms with van der Waals surface area (Å²) in [4.78, 5) is 10.4. The van der Waals surface area contributed by atoms with Crippen molar-refractivity contribution in [2.24, 2.45) is 0 Å². The van der Waals surface area contributed by atoms with E-state index in [0.29, 0.717) is 6.54 Å². The number of nitrogens with zero attached hydrogens (tertiary/aromatic N) is 1. The minimum Gasteiger partial charge on any atom is -0.306 e. The summed E-state index contributed by atoms with van der Waals surface area (Å²) in [7, 11) is 0. The molecule has 4 nitrogen and oxygen atoms in total. The molecule has 4 heteroatoms. The first-order chi connectivity index (χ1) is 12.2. The predicted molar refractivity (Wildman–Crippen MR) is 99.3 cm³/mol. The number of nitro groups is 1. The predicted octanol–water partition coefficient (Wildman–Crippen LogP) is 4.67. The van der Waals surface area contributed by atoms with Crippen molar-refractivity contribution in [3.63, 3.8) is 0 Å². The highest BCUT2D eigenvalue weighted by Crippen LogP contribution is 2.19. The van der Waals surface area contributed by atoms with Gasteiger partial charge < -0.3 is 5.32 Å². The second kappa shape index (κ2) is 8.22. The molecule has 0 unspecified atom stereocenters. The maximum atomic E-state index is 10.8. The van der Waals surface area contributed by atoms with Crippen LogP contribution in [0.2, 0.25) is 0 Å². The highest BCUT2D eigenvalue weighted by atomic mass is 16.6. The fraction of sp³-hybridized carbons (Fsp3) is 0.143. The summed E-state index contributed by atoms with van der Waals surface area (Å²) in [6.07, 6.45) is 0.887. The first kappa shape index (κ1) is 16.9. The smallest absolute Gasteiger partial charge is 0.269 e. The van der Waals surface area contributed by atoms with Crippen LogP contribution in [0.3, 0.4) is 0 Å². The lowest BCUT2D eigenvalue weighted by atomic mass is 9.98. The van der Waals surface area contributed by atoms with Gasteiger partial charge in [-0.2, -0.15) is 0 Å². The number of nitrogens with one attached hydrogen (secondary N) is 1. The van der Waals surface area contributed by atoms with Crippen molar-refractivity contribution in [2.75, 3.05) is 0 Å². The molecule has 0 heterocycles. The number of non-ortho nitro benzene ring substituents is 1. The topological polar surface area (TPSA) is 55.2 Å². The van der Waals surface area contributed by atoms with Gasteiger partial charge in [0.25, 0.3) is 5.69 Å². The molecule has 0 aliphatic carbocycles. The van der Waals surface area contributed by atoms with Crippen LogP contribution in [-0.2, 0) is 13.0 Å². The maximum absolute atomic E-state index is 10.8. The van der Waals surface area contributed by atoms with E-state index in [4.69, 9.17) is 0 Å². The molecule has 0 saturated heterocycles. The van der Waals surface area contributed by atoms with Crippen LogP contribution in [-0.4, -0.2) is 4.92 Å². The quantitative estimate of drug-likeness (QED) is 0.505. The Balaban J connectivity index is 1.72. The van der Waals surface area contributed by atoms with Crippen LogP contribution in [0.15, 0.2) is 84.9 Å². The van der Waals surface area contributed by atoms with E-state index in [-0.39, 0.29) is 16.7 Å². The standard InChI is InChI=1S/C21H20N2O2/c24-23(25)20-13-11-18(12-14-20)16-22-21(19-9-5-2-6-10-19)15-17-7-3-1-4-8-17/h1-14,21-22H,15-16H2/t21-/m1/s1. The third-order valence-corrected chi connectivity index (χ3v) is 4.18. The lowest BCUT2D eigenvalue weighted by molar-refractivity contribution is -0.384. The van der Waals surface area contributed by atoms with E-state index < -0.39 is 0 Å². The van der Waals surface area contributed by atoms with Gasteiger partial charge in [0.05, 0.1) is 4.92 Å². The molecule has 3 rings (SSSR count). The molecular weight excluding hydrogens is 312 g/mol. The molecule has 1 N–H and O–H groups in total. The second-order valence-electron chi connectivity index (χ2n) is 5.96. The average Bonchev–Trinajstić information content (AvgIpc) is 2.67. The number of nitro benzene ring substituents is 1. The zero-order valence-electron chi connectivity index (χ0n) is 13.8. The number of rotatable bonds is 7. The summed E-state index contributed by atoms with van der Waals surface area (Å²) in [6.45, 7) is 0.657. The molecule has 0 bridgehead atoms. The van der Waals surface area contributed by atoms with Crippen molar-refractivity contribution in [1.29, 1.82) is 0 Å². The van der Waals surface area contributed by atoms with Gasteiger partial charge in [0.15, 0.2) is 0 Å². The highest BCUT2D eigenvalue weighted by molar-refractivity contribution is 5.33. The van der Waals surface area contributed by atoms with Crippen molar-refractivity contribution in [3.8, 4) is 0 Å². The molecule has 1 atom stereocenters. The zero-order chi connectivity index (χ0) is 17.5. The van der Waals surface area contributed by atoms with E-state index in [1.54, 1.807) is 24.3 Å². The van der Waals surface area contributed by atoms with Crippen LogP contribution in [0.1, 0.15) is 22.7 Å². The van der Waals surface area contributed by atoms with Crippen molar-refractivity contribution >= 4 is 5.69 Å². The lowest BCUT2D eigenvalue weighted by Gasteiger charge is -2.19. The van der Waals surface area contributed by atoms with E-state index in [1.165, 1.54) is 11.1 Å². The molecule has 0 aromatic heterocycles. The molecule has 25 heavy (non-hydrogen) atoms. The van der Waals surface area contributed by atoms with E-state index in [1.807, 2.05) is 36.4 Å². The third-order valence-electron chi connectivity index (χ3n) is 4.18. The SMILES string of the molecule is O=[N+]([O-])c1ccc(CN[C@H](Cc2ccccc2)c2ccccc2)cc1. The molecule has 0 saturated carbocycles. The Morgan fingerprint density at radius 1 is 0.800 bits per heavy atom. The summed E-state index contributed by atoms with van der Waals surface area (Å²) < 4.78 is 0. The molecule has 0 amide bonds. The van der Waals surface area contributed by atoms with Crippen molar-refractivity contribution in [1.82, 2.24) is 5.32 Å². The van der Waals surface area contributed by atoms with E-state index >= 15 is 0 Å². The van der Waals surface area contributed by atoms with Crippen LogP contribution in [0.4, 0.5) is 5.69 Å². The van der Waals surface area contributed by atoms with Crippen LogP contribution in [0, 0.1) is 10.1 Å². The van der Waals surface area contributed by atoms with Crippen molar-refractivity contribution in [3.05, 3.63) is 112 Å². The summed E-state index contributed by atoms with van der Waals surface area (Å²) >= 11 is 0. The highest BCUT2D eigenvalue weighted by Gasteiger charge is 2.12. The van der Waals surface area contributed by atoms with E-state index in [2.05, 4.69) is 29.6 Å². The molecule has 3 aromatic carbocycles.